The molecular formula is C13H17NO3S. The number of methoxy groups -OCH3 is 1. The van der Waals surface area contributed by atoms with E-state index in [1.165, 1.54) is 19.3 Å². The van der Waals surface area contributed by atoms with Gasteiger partial charge in [0, 0.05) is 11.8 Å². The predicted octanol–water partition coefficient (Wildman–Crippen LogP) is 2.03. The normalized spacial score (nSPS) is 18.6. The van der Waals surface area contributed by atoms with Gasteiger partial charge in [-0.1, -0.05) is 6.07 Å². The van der Waals surface area contributed by atoms with Crippen LogP contribution < -0.4 is 10.1 Å². The average Bonchev–Trinajstić information content (AvgIpc) is 2.89. The van der Waals surface area contributed by atoms with Gasteiger partial charge in [0.05, 0.1) is 12.7 Å². The SMILES string of the molecule is COc1cccc(C(=O)NCC2CCCS2)c1O. The van der Waals surface area contributed by atoms with Crippen LogP contribution in [-0.4, -0.2) is 35.7 Å². The highest BCUT2D eigenvalue weighted by molar-refractivity contribution is 8.00. The summed E-state index contributed by atoms with van der Waals surface area (Å²) in [6.07, 6.45) is 2.37. The van der Waals surface area contributed by atoms with Crippen molar-refractivity contribution in [3.05, 3.63) is 23.8 Å². The zero-order valence-corrected chi connectivity index (χ0v) is 11.1. The van der Waals surface area contributed by atoms with E-state index in [-0.39, 0.29) is 17.2 Å². The topological polar surface area (TPSA) is 58.6 Å². The minimum absolute atomic E-state index is 0.100. The van der Waals surface area contributed by atoms with E-state index in [1.807, 2.05) is 11.8 Å². The number of ether oxygens (including phenoxy) is 1. The lowest BCUT2D eigenvalue weighted by atomic mass is 10.1. The van der Waals surface area contributed by atoms with Crippen LogP contribution in [0.1, 0.15) is 23.2 Å². The maximum atomic E-state index is 12.0. The molecule has 1 unspecified atom stereocenters. The standard InChI is InChI=1S/C13H17NO3S/c1-17-11-6-2-5-10(12(11)15)13(16)14-8-9-4-3-7-18-9/h2,5-6,9,15H,3-4,7-8H2,1H3,(H,14,16). The summed E-state index contributed by atoms with van der Waals surface area (Å²) in [6.45, 7) is 0.653. The van der Waals surface area contributed by atoms with Crippen molar-refractivity contribution in [3.63, 3.8) is 0 Å². The van der Waals surface area contributed by atoms with E-state index in [0.29, 0.717) is 17.5 Å². The van der Waals surface area contributed by atoms with Crippen molar-refractivity contribution in [3.8, 4) is 11.5 Å². The number of hydrogen-bond donors (Lipinski definition) is 2. The second-order valence-electron chi connectivity index (χ2n) is 4.20. The van der Waals surface area contributed by atoms with E-state index in [4.69, 9.17) is 4.74 Å². The summed E-state index contributed by atoms with van der Waals surface area (Å²) in [5, 5.41) is 13.2. The van der Waals surface area contributed by atoms with E-state index in [9.17, 15) is 9.90 Å². The smallest absolute Gasteiger partial charge is 0.255 e. The predicted molar refractivity (Wildman–Crippen MR) is 72.5 cm³/mol. The number of para-hydroxylation sites is 1. The van der Waals surface area contributed by atoms with Crippen LogP contribution >= 0.6 is 11.8 Å². The van der Waals surface area contributed by atoms with Crippen LogP contribution in [0.15, 0.2) is 18.2 Å². The number of phenolic OH excluding ortho intramolecular Hbond substituents is 1. The van der Waals surface area contributed by atoms with E-state index >= 15 is 0 Å². The highest BCUT2D eigenvalue weighted by Gasteiger charge is 2.19. The Morgan fingerprint density at radius 2 is 2.44 bits per heavy atom. The molecule has 1 heterocycles. The van der Waals surface area contributed by atoms with E-state index in [2.05, 4.69) is 5.32 Å². The van der Waals surface area contributed by atoms with Gasteiger partial charge in [-0.05, 0) is 30.7 Å². The molecule has 0 aliphatic carbocycles. The zero-order chi connectivity index (χ0) is 13.0. The molecule has 4 nitrogen and oxygen atoms in total. The average molecular weight is 267 g/mol. The number of carbonyl (C=O) groups is 1. The van der Waals surface area contributed by atoms with Crippen LogP contribution in [-0.2, 0) is 0 Å². The summed E-state index contributed by atoms with van der Waals surface area (Å²) >= 11 is 1.89. The summed E-state index contributed by atoms with van der Waals surface area (Å²) < 4.78 is 4.98. The molecule has 1 amide bonds. The van der Waals surface area contributed by atoms with Crippen molar-refractivity contribution >= 4 is 17.7 Å². The van der Waals surface area contributed by atoms with Crippen LogP contribution in [0.5, 0.6) is 11.5 Å². The largest absolute Gasteiger partial charge is 0.504 e. The number of amides is 1. The van der Waals surface area contributed by atoms with E-state index in [1.54, 1.807) is 18.2 Å². The summed E-state index contributed by atoms with van der Waals surface area (Å²) in [4.78, 5) is 12.0. The molecule has 1 aromatic rings. The molecule has 1 aliphatic rings. The zero-order valence-electron chi connectivity index (χ0n) is 10.3. The first-order chi connectivity index (χ1) is 8.72. The van der Waals surface area contributed by atoms with Crippen molar-refractivity contribution < 1.29 is 14.6 Å². The molecule has 2 N–H and O–H groups in total. The lowest BCUT2D eigenvalue weighted by Gasteiger charge is -2.12. The molecule has 0 saturated carbocycles. The Morgan fingerprint density at radius 1 is 1.61 bits per heavy atom. The van der Waals surface area contributed by atoms with Gasteiger partial charge < -0.3 is 15.2 Å². The molecular weight excluding hydrogens is 250 g/mol. The van der Waals surface area contributed by atoms with Crippen molar-refractivity contribution in [1.82, 2.24) is 5.32 Å². The van der Waals surface area contributed by atoms with Crippen molar-refractivity contribution in [1.29, 1.82) is 0 Å². The minimum Gasteiger partial charge on any atom is -0.504 e. The van der Waals surface area contributed by atoms with Gasteiger partial charge in [-0.3, -0.25) is 4.79 Å². The third-order valence-electron chi connectivity index (χ3n) is 2.98. The van der Waals surface area contributed by atoms with E-state index in [0.717, 1.165) is 6.42 Å². The summed E-state index contributed by atoms with van der Waals surface area (Å²) in [7, 11) is 1.46. The van der Waals surface area contributed by atoms with Crippen molar-refractivity contribution in [2.24, 2.45) is 0 Å². The number of nitrogens with one attached hydrogen (secondary N) is 1. The molecule has 1 saturated heterocycles. The molecule has 2 rings (SSSR count). The number of rotatable bonds is 4. The van der Waals surface area contributed by atoms with Gasteiger partial charge in [0.15, 0.2) is 11.5 Å². The Labute approximate surface area is 111 Å². The first-order valence-electron chi connectivity index (χ1n) is 5.98. The molecule has 18 heavy (non-hydrogen) atoms. The second kappa shape index (κ2) is 6.00. The minimum atomic E-state index is -0.251. The molecule has 5 heteroatoms. The van der Waals surface area contributed by atoms with Gasteiger partial charge in [-0.2, -0.15) is 11.8 Å². The fourth-order valence-corrected chi connectivity index (χ4v) is 3.18. The van der Waals surface area contributed by atoms with Gasteiger partial charge in [0.25, 0.3) is 5.91 Å². The van der Waals surface area contributed by atoms with Crippen LogP contribution in [0.25, 0.3) is 0 Å². The third kappa shape index (κ3) is 2.90. The lowest BCUT2D eigenvalue weighted by molar-refractivity contribution is 0.0950. The Hall–Kier alpha value is -1.36. The number of hydrogen-bond acceptors (Lipinski definition) is 4. The van der Waals surface area contributed by atoms with Crippen LogP contribution in [0.4, 0.5) is 0 Å². The molecule has 1 fully saturated rings. The highest BCUT2D eigenvalue weighted by atomic mass is 32.2. The maximum Gasteiger partial charge on any atom is 0.255 e. The molecule has 1 aromatic carbocycles. The molecule has 1 aliphatic heterocycles. The van der Waals surface area contributed by atoms with E-state index < -0.39 is 0 Å². The van der Waals surface area contributed by atoms with Gasteiger partial charge >= 0.3 is 0 Å². The van der Waals surface area contributed by atoms with Crippen LogP contribution in [0, 0.1) is 0 Å². The number of aromatic hydroxyl groups is 1. The van der Waals surface area contributed by atoms with Gasteiger partial charge in [0.2, 0.25) is 0 Å². The Bertz CT molecular complexity index is 430. The molecule has 0 radical (unpaired) electrons. The number of carbonyl (C=O) groups excluding carboxylic acids is 1. The Morgan fingerprint density at radius 3 is 3.11 bits per heavy atom. The summed E-state index contributed by atoms with van der Waals surface area (Å²) in [6, 6.07) is 4.91. The first kappa shape index (κ1) is 13.1. The second-order valence-corrected chi connectivity index (χ2v) is 5.61. The third-order valence-corrected chi connectivity index (χ3v) is 4.38. The van der Waals surface area contributed by atoms with Crippen LogP contribution in [0.2, 0.25) is 0 Å². The number of thioether (sulfide) groups is 1. The van der Waals surface area contributed by atoms with Gasteiger partial charge in [-0.25, -0.2) is 0 Å². The Kier molecular flexibility index (Phi) is 4.36. The molecule has 98 valence electrons. The highest BCUT2D eigenvalue weighted by Crippen LogP contribution is 2.29. The monoisotopic (exact) mass is 267 g/mol. The summed E-state index contributed by atoms with van der Waals surface area (Å²) in [5.74, 6) is 1.14. The number of benzene rings is 1. The quantitative estimate of drug-likeness (QED) is 0.876. The maximum absolute atomic E-state index is 12.0. The summed E-state index contributed by atoms with van der Waals surface area (Å²) in [5.41, 5.74) is 0.261. The fourth-order valence-electron chi connectivity index (χ4n) is 1.98. The van der Waals surface area contributed by atoms with Crippen LogP contribution in [0.3, 0.4) is 0 Å². The lowest BCUT2D eigenvalue weighted by Crippen LogP contribution is -2.29. The Balaban J connectivity index is 1.99. The molecule has 0 bridgehead atoms. The van der Waals surface area contributed by atoms with Crippen molar-refractivity contribution in [2.75, 3.05) is 19.4 Å². The molecule has 1 atom stereocenters. The fraction of sp³-hybridized carbons (Fsp3) is 0.462. The number of phenols is 1. The first-order valence-corrected chi connectivity index (χ1v) is 7.03. The van der Waals surface area contributed by atoms with Gasteiger partial charge in [0.1, 0.15) is 0 Å². The van der Waals surface area contributed by atoms with Gasteiger partial charge in [-0.15, -0.1) is 0 Å². The molecule has 0 spiro atoms. The molecule has 0 aromatic heterocycles. The van der Waals surface area contributed by atoms with Crippen molar-refractivity contribution in [2.45, 2.75) is 18.1 Å².